The minimum atomic E-state index is -4.00. The van der Waals surface area contributed by atoms with Crippen molar-refractivity contribution in [2.45, 2.75) is 5.16 Å². The summed E-state index contributed by atoms with van der Waals surface area (Å²) in [7, 11) is -4.00. The second kappa shape index (κ2) is 4.74. The van der Waals surface area contributed by atoms with Gasteiger partial charge in [-0.25, -0.2) is 13.6 Å². The number of benzene rings is 1. The fourth-order valence-electron chi connectivity index (χ4n) is 1.69. The molecule has 3 aromatic rings. The maximum atomic E-state index is 11.6. The van der Waals surface area contributed by atoms with E-state index in [0.717, 1.165) is 11.5 Å². The van der Waals surface area contributed by atoms with Gasteiger partial charge in [-0.1, -0.05) is 22.7 Å². The molecule has 0 saturated heterocycles. The van der Waals surface area contributed by atoms with Crippen LogP contribution in [0.15, 0.2) is 41.7 Å². The lowest BCUT2D eigenvalue weighted by Gasteiger charge is -2.07. The van der Waals surface area contributed by atoms with Crippen LogP contribution in [-0.4, -0.2) is 32.8 Å². The highest BCUT2D eigenvalue weighted by Gasteiger charge is 2.24. The molecule has 0 unspecified atom stereocenters. The Morgan fingerprint density at radius 1 is 1.15 bits per heavy atom. The van der Waals surface area contributed by atoms with Crippen LogP contribution in [0.5, 0.6) is 0 Å². The molecule has 0 amide bonds. The van der Waals surface area contributed by atoms with Gasteiger partial charge in [-0.05, 0) is 23.7 Å². The first-order chi connectivity index (χ1) is 9.57. The highest BCUT2D eigenvalue weighted by Crippen LogP contribution is 2.25. The predicted molar refractivity (Wildman–Crippen MR) is 71.6 cm³/mol. The highest BCUT2D eigenvalue weighted by molar-refractivity contribution is 7.89. The smallest absolute Gasteiger partial charge is 0.264 e. The van der Waals surface area contributed by atoms with Crippen LogP contribution in [0.4, 0.5) is 0 Å². The van der Waals surface area contributed by atoms with Crippen LogP contribution in [0, 0.1) is 0 Å². The van der Waals surface area contributed by atoms with E-state index < -0.39 is 10.0 Å². The van der Waals surface area contributed by atoms with Crippen molar-refractivity contribution in [1.82, 2.24) is 24.4 Å². The van der Waals surface area contributed by atoms with Crippen LogP contribution in [0.25, 0.3) is 16.4 Å². The lowest BCUT2D eigenvalue weighted by molar-refractivity contribution is 0.585. The van der Waals surface area contributed by atoms with Crippen molar-refractivity contribution in [3.05, 3.63) is 36.5 Å². The van der Waals surface area contributed by atoms with Gasteiger partial charge in [0.15, 0.2) is 5.82 Å². The monoisotopic (exact) mass is 308 g/mol. The predicted octanol–water partition coefficient (Wildman–Crippen LogP) is 0.433. The first kappa shape index (κ1) is 12.8. The molecular formula is C10H8N6O2S2. The van der Waals surface area contributed by atoms with E-state index >= 15 is 0 Å². The molecule has 3 rings (SSSR count). The van der Waals surface area contributed by atoms with Crippen molar-refractivity contribution in [3.8, 4) is 16.4 Å². The van der Waals surface area contributed by atoms with E-state index in [0.29, 0.717) is 16.4 Å². The summed E-state index contributed by atoms with van der Waals surface area (Å²) in [4.78, 5) is 0.594. The Kier molecular flexibility index (Phi) is 3.04. The minimum Gasteiger partial charge on any atom is -0.264 e. The number of sulfonamides is 1. The number of aromatic nitrogens is 5. The summed E-state index contributed by atoms with van der Waals surface area (Å²) in [5.41, 5.74) is 0.588. The summed E-state index contributed by atoms with van der Waals surface area (Å²) >= 11 is 1.09. The molecule has 20 heavy (non-hydrogen) atoms. The second-order valence-corrected chi connectivity index (χ2v) is 6.04. The lowest BCUT2D eigenvalue weighted by Crippen LogP contribution is -2.18. The molecule has 0 aliphatic heterocycles. The fraction of sp³-hybridized carbons (Fsp3) is 0. The molecule has 0 atom stereocenters. The van der Waals surface area contributed by atoms with Crippen molar-refractivity contribution < 1.29 is 8.42 Å². The zero-order chi connectivity index (χ0) is 14.2. The van der Waals surface area contributed by atoms with Gasteiger partial charge in [0, 0.05) is 5.69 Å². The molecule has 0 aliphatic rings. The SMILES string of the molecule is NS(=O)(=O)c1nnc(-c2cnns2)n1-c1ccccc1. The molecule has 0 radical (unpaired) electrons. The van der Waals surface area contributed by atoms with E-state index in [-0.39, 0.29) is 5.16 Å². The Bertz CT molecular complexity index is 826. The van der Waals surface area contributed by atoms with Gasteiger partial charge >= 0.3 is 0 Å². The van der Waals surface area contributed by atoms with Crippen LogP contribution in [-0.2, 0) is 10.0 Å². The van der Waals surface area contributed by atoms with Crippen LogP contribution >= 0.6 is 11.5 Å². The molecule has 2 heterocycles. The van der Waals surface area contributed by atoms with Gasteiger partial charge in [0.25, 0.3) is 15.2 Å². The van der Waals surface area contributed by atoms with Gasteiger partial charge < -0.3 is 0 Å². The third kappa shape index (κ3) is 2.19. The van der Waals surface area contributed by atoms with Gasteiger partial charge in [-0.2, -0.15) is 0 Å². The van der Waals surface area contributed by atoms with Crippen molar-refractivity contribution in [2.24, 2.45) is 5.14 Å². The first-order valence-electron chi connectivity index (χ1n) is 5.39. The third-order valence-corrected chi connectivity index (χ3v) is 3.92. The van der Waals surface area contributed by atoms with Crippen molar-refractivity contribution in [3.63, 3.8) is 0 Å². The molecule has 8 nitrogen and oxygen atoms in total. The zero-order valence-corrected chi connectivity index (χ0v) is 11.5. The second-order valence-electron chi connectivity index (χ2n) is 3.80. The van der Waals surface area contributed by atoms with E-state index in [4.69, 9.17) is 5.14 Å². The Labute approximate surface area is 118 Å². The molecule has 0 saturated carbocycles. The number of hydrogen-bond acceptors (Lipinski definition) is 7. The third-order valence-electron chi connectivity index (χ3n) is 2.48. The molecule has 2 N–H and O–H groups in total. The number of nitrogens with zero attached hydrogens (tertiary/aromatic N) is 5. The molecule has 102 valence electrons. The Hall–Kier alpha value is -2.17. The van der Waals surface area contributed by atoms with Gasteiger partial charge in [-0.15, -0.1) is 15.3 Å². The molecule has 0 bridgehead atoms. The first-order valence-corrected chi connectivity index (χ1v) is 7.71. The molecular weight excluding hydrogens is 300 g/mol. The van der Waals surface area contributed by atoms with E-state index in [1.165, 1.54) is 10.8 Å². The Morgan fingerprint density at radius 3 is 2.50 bits per heavy atom. The van der Waals surface area contributed by atoms with Crippen LogP contribution in [0.3, 0.4) is 0 Å². The summed E-state index contributed by atoms with van der Waals surface area (Å²) in [5, 5.41) is 16.1. The standard InChI is InChI=1S/C10H8N6O2S2/c11-20(17,18)10-14-13-9(8-6-12-15-19-8)16(10)7-4-2-1-3-5-7/h1-6H,(H2,11,17,18). The summed E-state index contributed by atoms with van der Waals surface area (Å²) in [6.07, 6.45) is 1.49. The Balaban J connectivity index is 2.31. The zero-order valence-electron chi connectivity index (χ0n) is 9.91. The highest BCUT2D eigenvalue weighted by atomic mass is 32.2. The summed E-state index contributed by atoms with van der Waals surface area (Å²) < 4.78 is 28.4. The normalized spacial score (nSPS) is 11.7. The van der Waals surface area contributed by atoms with Gasteiger partial charge in [-0.3, -0.25) is 4.57 Å². The molecule has 10 heteroatoms. The van der Waals surface area contributed by atoms with Crippen LogP contribution in [0.1, 0.15) is 0 Å². The van der Waals surface area contributed by atoms with Crippen molar-refractivity contribution in [1.29, 1.82) is 0 Å². The van der Waals surface area contributed by atoms with E-state index in [1.54, 1.807) is 24.3 Å². The number of primary sulfonamides is 1. The quantitative estimate of drug-likeness (QED) is 0.750. The molecule has 2 aromatic heterocycles. The summed E-state index contributed by atoms with van der Waals surface area (Å²) in [5.74, 6) is 0.329. The topological polar surface area (TPSA) is 117 Å². The molecule has 0 aliphatic carbocycles. The largest absolute Gasteiger partial charge is 0.274 e. The van der Waals surface area contributed by atoms with E-state index in [1.807, 2.05) is 6.07 Å². The Morgan fingerprint density at radius 2 is 1.90 bits per heavy atom. The van der Waals surface area contributed by atoms with Crippen molar-refractivity contribution >= 4 is 21.6 Å². The van der Waals surface area contributed by atoms with E-state index in [2.05, 4.69) is 19.8 Å². The summed E-state index contributed by atoms with van der Waals surface area (Å²) in [6.45, 7) is 0. The number of hydrogen-bond donors (Lipinski definition) is 1. The van der Waals surface area contributed by atoms with Gasteiger partial charge in [0.05, 0.1) is 6.20 Å². The van der Waals surface area contributed by atoms with Crippen molar-refractivity contribution in [2.75, 3.05) is 0 Å². The van der Waals surface area contributed by atoms with E-state index in [9.17, 15) is 8.42 Å². The average molecular weight is 308 g/mol. The molecule has 1 aromatic carbocycles. The maximum absolute atomic E-state index is 11.6. The fourth-order valence-corrected chi connectivity index (χ4v) is 2.78. The minimum absolute atomic E-state index is 0.327. The number of rotatable bonds is 3. The number of nitrogens with two attached hydrogens (primary N) is 1. The van der Waals surface area contributed by atoms with Gasteiger partial charge in [0.2, 0.25) is 0 Å². The van der Waals surface area contributed by atoms with Crippen LogP contribution in [0.2, 0.25) is 0 Å². The molecule has 0 fully saturated rings. The average Bonchev–Trinajstić information content (AvgIpc) is 3.07. The maximum Gasteiger partial charge on any atom is 0.274 e. The lowest BCUT2D eigenvalue weighted by atomic mass is 10.3. The van der Waals surface area contributed by atoms with Gasteiger partial charge in [0.1, 0.15) is 4.88 Å². The molecule has 0 spiro atoms. The summed E-state index contributed by atoms with van der Waals surface area (Å²) in [6, 6.07) is 8.83. The van der Waals surface area contributed by atoms with Crippen LogP contribution < -0.4 is 5.14 Å². The number of para-hydroxylation sites is 1.